The molecule has 0 unspecified atom stereocenters. The van der Waals surface area contributed by atoms with Crippen LogP contribution in [0.25, 0.3) is 0 Å². The van der Waals surface area contributed by atoms with Gasteiger partial charge in [-0.3, -0.25) is 43.2 Å². The molecule has 0 aromatic carbocycles. The summed E-state index contributed by atoms with van der Waals surface area (Å²) in [5.74, 6) is -3.18. The summed E-state index contributed by atoms with van der Waals surface area (Å²) in [5.41, 5.74) is 13.2. The van der Waals surface area contributed by atoms with E-state index >= 15 is 0 Å². The number of amides is 5. The molecule has 0 heterocycles. The summed E-state index contributed by atoms with van der Waals surface area (Å²) >= 11 is 0. The number of rotatable bonds is 51. The van der Waals surface area contributed by atoms with E-state index in [0.717, 1.165) is 64.2 Å². The molecule has 0 radical (unpaired) electrons. The lowest BCUT2D eigenvalue weighted by Gasteiger charge is -2.36. The van der Waals surface area contributed by atoms with Crippen molar-refractivity contribution in [2.45, 2.75) is 232 Å². The number of methoxy groups -OCH3 is 2. The van der Waals surface area contributed by atoms with Crippen molar-refractivity contribution < 1.29 is 85.8 Å². The lowest BCUT2D eigenvalue weighted by atomic mass is 9.80. The zero-order valence-electron chi connectivity index (χ0n) is 55.9. The largest absolute Gasteiger partial charge is 0.469 e. The molecule has 0 bridgehead atoms. The number of nitrogens with one attached hydrogen (secondary N) is 5. The fourth-order valence-electron chi connectivity index (χ4n) is 12.5. The molecule has 2 saturated carbocycles. The second-order valence-electron chi connectivity index (χ2n) is 24.0. The molecule has 0 aromatic rings. The van der Waals surface area contributed by atoms with E-state index in [9.17, 15) is 47.9 Å². The van der Waals surface area contributed by atoms with Crippen LogP contribution >= 0.6 is 0 Å². The number of alkyl carbamates (subject to hydrolysis) is 1. The van der Waals surface area contributed by atoms with Gasteiger partial charge in [0.1, 0.15) is 24.6 Å². The van der Waals surface area contributed by atoms with E-state index in [4.69, 9.17) is 55.8 Å². The molecule has 2 rings (SSSR count). The normalized spacial score (nSPS) is 20.4. The zero-order valence-corrected chi connectivity index (χ0v) is 55.9. The third-order valence-electron chi connectivity index (χ3n) is 17.4. The molecule has 520 valence electrons. The van der Waals surface area contributed by atoms with Gasteiger partial charge in [0.15, 0.2) is 5.78 Å². The van der Waals surface area contributed by atoms with Crippen LogP contribution in [-0.2, 0) is 81.0 Å². The van der Waals surface area contributed by atoms with Gasteiger partial charge in [-0.2, -0.15) is 0 Å². The molecule has 25 heteroatoms. The van der Waals surface area contributed by atoms with Gasteiger partial charge < -0.3 is 75.9 Å². The number of terminal acetylenes is 1. The molecule has 2 aliphatic carbocycles. The maximum absolute atomic E-state index is 13.6. The van der Waals surface area contributed by atoms with Crippen LogP contribution in [0.3, 0.4) is 0 Å². The van der Waals surface area contributed by atoms with Gasteiger partial charge in [0, 0.05) is 101 Å². The second-order valence-corrected chi connectivity index (χ2v) is 24.0. The second kappa shape index (κ2) is 48.0. The summed E-state index contributed by atoms with van der Waals surface area (Å²) in [4.78, 5) is 129. The van der Waals surface area contributed by atoms with Crippen LogP contribution in [-0.4, -0.2) is 182 Å². The Morgan fingerprint density at radius 3 is 1.44 bits per heavy atom. The number of hydrogen-bond donors (Lipinski definition) is 7. The van der Waals surface area contributed by atoms with Gasteiger partial charge in [0.2, 0.25) is 23.6 Å². The molecule has 91 heavy (non-hydrogen) atoms. The van der Waals surface area contributed by atoms with Gasteiger partial charge in [-0.1, -0.05) is 97.8 Å². The Balaban J connectivity index is 1.85. The van der Waals surface area contributed by atoms with Gasteiger partial charge >= 0.3 is 24.0 Å². The van der Waals surface area contributed by atoms with E-state index < -0.39 is 90.0 Å². The lowest BCUT2D eigenvalue weighted by Crippen LogP contribution is -2.53. The van der Waals surface area contributed by atoms with Crippen molar-refractivity contribution in [2.75, 3.05) is 80.2 Å². The Hall–Kier alpha value is -5.78. The molecular formula is C66H113N7O18. The van der Waals surface area contributed by atoms with E-state index in [-0.39, 0.29) is 131 Å². The van der Waals surface area contributed by atoms with Gasteiger partial charge in [-0.25, -0.2) is 4.79 Å². The maximum atomic E-state index is 13.6. The predicted octanol–water partition coefficient (Wildman–Crippen LogP) is 5.22. The summed E-state index contributed by atoms with van der Waals surface area (Å²) in [6.45, 7) is 13.9. The molecule has 0 saturated heterocycles. The van der Waals surface area contributed by atoms with E-state index in [1.54, 1.807) is 0 Å². The highest BCUT2D eigenvalue weighted by molar-refractivity contribution is 5.92. The van der Waals surface area contributed by atoms with Gasteiger partial charge in [-0.15, -0.1) is 6.42 Å². The Kier molecular flexibility index (Phi) is 42.9. The summed E-state index contributed by atoms with van der Waals surface area (Å²) in [5, 5.41) is 14.5. The van der Waals surface area contributed by atoms with Crippen LogP contribution in [0, 0.1) is 47.9 Å². The minimum Gasteiger partial charge on any atom is -0.469 e. The molecular weight excluding hydrogens is 1180 g/mol. The van der Waals surface area contributed by atoms with Crippen LogP contribution < -0.4 is 38.1 Å². The van der Waals surface area contributed by atoms with Gasteiger partial charge in [0.05, 0.1) is 78.3 Å². The number of ketones is 2. The highest BCUT2D eigenvalue weighted by atomic mass is 16.6. The van der Waals surface area contributed by atoms with Crippen LogP contribution in [0.15, 0.2) is 0 Å². The smallest absolute Gasteiger partial charge is 0.407 e. The molecule has 9 N–H and O–H groups in total. The quantitative estimate of drug-likeness (QED) is 0.0178. The third-order valence-corrected chi connectivity index (χ3v) is 17.4. The van der Waals surface area contributed by atoms with Crippen LogP contribution in [0.4, 0.5) is 4.79 Å². The maximum Gasteiger partial charge on any atom is 0.407 e. The molecule has 0 aromatic heterocycles. The number of carbonyl (C=O) groups excluding carboxylic acids is 10. The number of hydrogen-bond acceptors (Lipinski definition) is 20. The standard InChI is InChI=1S/C66H113N7O18/c1-10-34-86-36-38-88-40-41-89-39-37-87-35-31-56(79)73-53(28-27-48(76)25-21-17-15-20-24-33-70-66(83)91-63-50(65(82)85-9)43-52(68)59(63)61(72-45(7)75)47(13-4)14-5)54(77)29-30-55(78)69-32-23-19-16-18-22-26-57(80)90-62-49(64(81)84-8)42-51(67)58(62)60(71-44(6)74)46(11-2)12-3/h1,46-47,49-53,58-63H,11-43,67-68H2,2-9H3,(H,69,78)(H,70,83)(H,71,74)(H,72,75)(H,73,79)/t49-,50-,51+,52+,53+,58+,59+,60-,61-,62+,63+/m0/s1. The number of ether oxygens (including phenoxy) is 8. The topological polar surface area (TPSA) is 357 Å². The van der Waals surface area contributed by atoms with Crippen molar-refractivity contribution in [1.82, 2.24) is 26.6 Å². The fraction of sp³-hybridized carbons (Fsp3) is 0.818. The zero-order chi connectivity index (χ0) is 67.5. The third kappa shape index (κ3) is 32.1. The van der Waals surface area contributed by atoms with Crippen molar-refractivity contribution in [3.63, 3.8) is 0 Å². The van der Waals surface area contributed by atoms with E-state index in [1.165, 1.54) is 28.1 Å². The minimum absolute atomic E-state index is 0.0439. The number of Topliss-reactive ketones (excluding diaryl/α,β-unsaturated/α-hetero) is 2. The summed E-state index contributed by atoms with van der Waals surface area (Å²) in [7, 11) is 2.56. The predicted molar refractivity (Wildman–Crippen MR) is 340 cm³/mol. The van der Waals surface area contributed by atoms with Crippen molar-refractivity contribution in [3.05, 3.63) is 0 Å². The first-order chi connectivity index (χ1) is 43.7. The van der Waals surface area contributed by atoms with E-state index in [1.807, 2.05) is 27.7 Å². The molecule has 0 spiro atoms. The van der Waals surface area contributed by atoms with Gasteiger partial charge in [0.25, 0.3) is 0 Å². The van der Waals surface area contributed by atoms with Crippen molar-refractivity contribution in [1.29, 1.82) is 0 Å². The molecule has 2 aliphatic rings. The highest BCUT2D eigenvalue weighted by Gasteiger charge is 2.54. The Labute approximate surface area is 540 Å². The van der Waals surface area contributed by atoms with Crippen molar-refractivity contribution >= 4 is 59.2 Å². The van der Waals surface area contributed by atoms with Crippen LogP contribution in [0.1, 0.15) is 189 Å². The Morgan fingerprint density at radius 2 is 0.956 bits per heavy atom. The first-order valence-electron chi connectivity index (χ1n) is 33.4. The molecule has 5 amide bonds. The first-order valence-corrected chi connectivity index (χ1v) is 33.4. The Morgan fingerprint density at radius 1 is 0.505 bits per heavy atom. The molecule has 25 nitrogen and oxygen atoms in total. The van der Waals surface area contributed by atoms with Crippen LogP contribution in [0.2, 0.25) is 0 Å². The highest BCUT2D eigenvalue weighted by Crippen LogP contribution is 2.41. The number of carbonyl (C=O) groups is 10. The van der Waals surface area contributed by atoms with Crippen molar-refractivity contribution in [2.24, 2.45) is 47.0 Å². The van der Waals surface area contributed by atoms with Crippen LogP contribution in [0.5, 0.6) is 0 Å². The lowest BCUT2D eigenvalue weighted by molar-refractivity contribution is -0.162. The van der Waals surface area contributed by atoms with Gasteiger partial charge in [-0.05, 0) is 56.8 Å². The average Bonchev–Trinajstić information content (AvgIpc) is 1.67. The van der Waals surface area contributed by atoms with E-state index in [2.05, 4.69) is 32.5 Å². The fourth-order valence-corrected chi connectivity index (χ4v) is 12.5. The molecule has 2 fully saturated rings. The monoisotopic (exact) mass is 1290 g/mol. The average molecular weight is 1290 g/mol. The van der Waals surface area contributed by atoms with E-state index in [0.29, 0.717) is 65.2 Å². The SMILES string of the molecule is C#CCOCCOCCOCCOCCC(=O)N[C@H](CCC(=O)CCCCCCCNC(=O)O[C@H]1[C@@H]([C@@H](NC(C)=O)C(CC)CC)[C@H](N)C[C@@H]1C(=O)OC)C(=O)CCC(=O)NCCCCCCCC(=O)O[C@H]1[C@@H]([C@@H](NC(C)=O)C(CC)CC)[C@H](N)C[C@@H]1C(=O)OC. The summed E-state index contributed by atoms with van der Waals surface area (Å²) < 4.78 is 43.6. The molecule has 11 atom stereocenters. The minimum atomic E-state index is -0.992. The summed E-state index contributed by atoms with van der Waals surface area (Å²) in [6, 6.07) is -2.80. The Bertz CT molecular complexity index is 2230. The molecule has 0 aliphatic heterocycles. The van der Waals surface area contributed by atoms with Crippen molar-refractivity contribution in [3.8, 4) is 12.3 Å². The summed E-state index contributed by atoms with van der Waals surface area (Å²) in [6.07, 6.45) is 13.5. The number of esters is 3. The first kappa shape index (κ1) is 81.3. The number of unbranched alkanes of at least 4 members (excludes halogenated alkanes) is 8. The number of nitrogens with two attached hydrogens (primary N) is 2.